The van der Waals surface area contributed by atoms with Gasteiger partial charge in [0.2, 0.25) is 5.95 Å². The van der Waals surface area contributed by atoms with Gasteiger partial charge in [0.1, 0.15) is 11.0 Å². The van der Waals surface area contributed by atoms with Crippen LogP contribution in [0.15, 0.2) is 60.7 Å². The number of hydrogen-bond acceptors (Lipinski definition) is 5. The third-order valence-electron chi connectivity index (χ3n) is 7.24. The Bertz CT molecular complexity index is 1180. The highest BCUT2D eigenvalue weighted by Gasteiger charge is 2.35. The lowest BCUT2D eigenvalue weighted by molar-refractivity contribution is 0.435. The summed E-state index contributed by atoms with van der Waals surface area (Å²) in [6.07, 6.45) is 4.67. The summed E-state index contributed by atoms with van der Waals surface area (Å²) in [5, 5.41) is 8.21. The van der Waals surface area contributed by atoms with Gasteiger partial charge in [-0.1, -0.05) is 66.4 Å². The Morgan fingerprint density at radius 3 is 2.25 bits per heavy atom. The molecule has 2 fully saturated rings. The van der Waals surface area contributed by atoms with E-state index < -0.39 is 0 Å². The number of halogens is 2. The molecule has 2 aromatic carbocycles. The van der Waals surface area contributed by atoms with Gasteiger partial charge in [0, 0.05) is 54.9 Å². The van der Waals surface area contributed by atoms with E-state index in [1.165, 1.54) is 24.1 Å². The van der Waals surface area contributed by atoms with Gasteiger partial charge in [-0.15, -0.1) is 0 Å². The lowest BCUT2D eigenvalue weighted by Gasteiger charge is -2.36. The van der Waals surface area contributed by atoms with Gasteiger partial charge < -0.3 is 20.4 Å². The Hall–Kier alpha value is -2.61. The second-order valence-electron chi connectivity index (χ2n) is 9.48. The standard InChI is InChI=1S/C27H30Cl2N6S/c28-21-10-8-20(9-11-21)27(12-4-5-13-27)19-30-26(36)33-25-31-23(29)18-24(32-25)35-16-14-34(15-17-35)22-6-2-1-3-7-22/h1-3,6-11,18H,4-5,12-17,19H2,(H2,30,31,32,33,36). The smallest absolute Gasteiger partial charge is 0.232 e. The molecule has 0 unspecified atom stereocenters. The monoisotopic (exact) mass is 540 g/mol. The number of piperazine rings is 1. The van der Waals surface area contributed by atoms with Crippen LogP contribution in [0.25, 0.3) is 0 Å². The Kier molecular flexibility index (Phi) is 7.79. The highest BCUT2D eigenvalue weighted by atomic mass is 35.5. The van der Waals surface area contributed by atoms with Gasteiger partial charge in [0.25, 0.3) is 0 Å². The minimum Gasteiger partial charge on any atom is -0.368 e. The van der Waals surface area contributed by atoms with Crippen LogP contribution >= 0.6 is 35.4 Å². The summed E-state index contributed by atoms with van der Waals surface area (Å²) in [5.74, 6) is 1.22. The van der Waals surface area contributed by atoms with Crippen LogP contribution in [0, 0.1) is 0 Å². The van der Waals surface area contributed by atoms with Gasteiger partial charge in [-0.05, 0) is 54.9 Å². The fourth-order valence-corrected chi connectivity index (χ4v) is 5.74. The Balaban J connectivity index is 1.20. The van der Waals surface area contributed by atoms with E-state index in [0.717, 1.165) is 56.4 Å². The van der Waals surface area contributed by atoms with Crippen molar-refractivity contribution in [1.82, 2.24) is 15.3 Å². The summed E-state index contributed by atoms with van der Waals surface area (Å²) < 4.78 is 0. The highest BCUT2D eigenvalue weighted by molar-refractivity contribution is 7.80. The summed E-state index contributed by atoms with van der Waals surface area (Å²) in [7, 11) is 0. The molecule has 0 spiro atoms. The third-order valence-corrected chi connectivity index (χ3v) is 7.93. The summed E-state index contributed by atoms with van der Waals surface area (Å²) in [5.41, 5.74) is 2.60. The third kappa shape index (κ3) is 5.85. The predicted octanol–water partition coefficient (Wildman–Crippen LogP) is 5.91. The molecule has 1 aliphatic heterocycles. The van der Waals surface area contributed by atoms with Gasteiger partial charge in [-0.2, -0.15) is 4.98 Å². The van der Waals surface area contributed by atoms with E-state index in [1.807, 2.05) is 24.3 Å². The highest BCUT2D eigenvalue weighted by Crippen LogP contribution is 2.41. The van der Waals surface area contributed by atoms with Gasteiger partial charge in [0.05, 0.1) is 0 Å². The average Bonchev–Trinajstić information content (AvgIpc) is 3.38. The molecule has 1 aliphatic carbocycles. The largest absolute Gasteiger partial charge is 0.368 e. The topological polar surface area (TPSA) is 56.3 Å². The first-order valence-electron chi connectivity index (χ1n) is 12.4. The maximum absolute atomic E-state index is 6.37. The Morgan fingerprint density at radius 2 is 1.56 bits per heavy atom. The second-order valence-corrected chi connectivity index (χ2v) is 10.7. The first-order chi connectivity index (χ1) is 17.5. The number of aromatic nitrogens is 2. The molecular formula is C27H30Cl2N6S. The molecule has 0 bridgehead atoms. The van der Waals surface area contributed by atoms with Gasteiger partial charge >= 0.3 is 0 Å². The van der Waals surface area contributed by atoms with Crippen LogP contribution in [0.2, 0.25) is 10.2 Å². The first kappa shape index (κ1) is 25.1. The van der Waals surface area contributed by atoms with Gasteiger partial charge in [0.15, 0.2) is 5.11 Å². The summed E-state index contributed by atoms with van der Waals surface area (Å²) in [4.78, 5) is 13.7. The number of thiocarbonyl (C=S) groups is 1. The number of hydrogen-bond donors (Lipinski definition) is 2. The van der Waals surface area contributed by atoms with Crippen molar-refractivity contribution in [2.75, 3.05) is 47.8 Å². The normalized spacial score (nSPS) is 17.2. The fourth-order valence-electron chi connectivity index (χ4n) is 5.27. The Morgan fingerprint density at radius 1 is 0.889 bits per heavy atom. The average molecular weight is 542 g/mol. The van der Waals surface area contributed by atoms with E-state index in [0.29, 0.717) is 16.2 Å². The second kappa shape index (κ2) is 11.2. The molecule has 6 nitrogen and oxygen atoms in total. The number of para-hydroxylation sites is 1. The first-order valence-corrected chi connectivity index (χ1v) is 13.6. The lowest BCUT2D eigenvalue weighted by atomic mass is 9.79. The van der Waals surface area contributed by atoms with E-state index in [2.05, 4.69) is 61.8 Å². The summed E-state index contributed by atoms with van der Waals surface area (Å²) >= 11 is 18.1. The number of rotatable bonds is 6. The van der Waals surface area contributed by atoms with Crippen LogP contribution in [-0.4, -0.2) is 47.8 Å². The molecule has 0 atom stereocenters. The van der Waals surface area contributed by atoms with Crippen molar-refractivity contribution in [1.29, 1.82) is 0 Å². The van der Waals surface area contributed by atoms with E-state index in [1.54, 1.807) is 0 Å². The van der Waals surface area contributed by atoms with Crippen molar-refractivity contribution in [3.05, 3.63) is 76.4 Å². The molecule has 5 rings (SSSR count). The molecule has 2 heterocycles. The fraction of sp³-hybridized carbons (Fsp3) is 0.370. The molecular weight excluding hydrogens is 511 g/mol. The van der Waals surface area contributed by atoms with E-state index in [9.17, 15) is 0 Å². The molecule has 0 amide bonds. The molecule has 1 saturated heterocycles. The molecule has 2 aliphatic rings. The van der Waals surface area contributed by atoms with Crippen LogP contribution in [0.1, 0.15) is 31.2 Å². The number of nitrogens with one attached hydrogen (secondary N) is 2. The predicted molar refractivity (Wildman–Crippen MR) is 154 cm³/mol. The zero-order valence-corrected chi connectivity index (χ0v) is 22.4. The molecule has 2 N–H and O–H groups in total. The zero-order chi connectivity index (χ0) is 25.0. The number of anilines is 3. The van der Waals surface area contributed by atoms with Crippen molar-refractivity contribution in [3.8, 4) is 0 Å². The Labute approximate surface area is 228 Å². The van der Waals surface area contributed by atoms with Crippen molar-refractivity contribution in [2.45, 2.75) is 31.1 Å². The molecule has 36 heavy (non-hydrogen) atoms. The minimum absolute atomic E-state index is 0.0507. The van der Waals surface area contributed by atoms with Gasteiger partial charge in [-0.25, -0.2) is 4.98 Å². The van der Waals surface area contributed by atoms with Crippen LogP contribution < -0.4 is 20.4 Å². The number of benzene rings is 2. The minimum atomic E-state index is 0.0507. The van der Waals surface area contributed by atoms with Crippen molar-refractivity contribution in [2.24, 2.45) is 0 Å². The molecule has 0 radical (unpaired) electrons. The van der Waals surface area contributed by atoms with Crippen LogP contribution in [0.4, 0.5) is 17.5 Å². The molecule has 1 aromatic heterocycles. The van der Waals surface area contributed by atoms with Crippen molar-refractivity contribution in [3.63, 3.8) is 0 Å². The van der Waals surface area contributed by atoms with E-state index in [4.69, 9.17) is 40.4 Å². The van der Waals surface area contributed by atoms with Gasteiger partial charge in [-0.3, -0.25) is 0 Å². The molecule has 188 valence electrons. The van der Waals surface area contributed by atoms with Crippen molar-refractivity contribution < 1.29 is 0 Å². The van der Waals surface area contributed by atoms with E-state index >= 15 is 0 Å². The lowest BCUT2D eigenvalue weighted by Crippen LogP contribution is -2.47. The molecule has 3 aromatic rings. The maximum atomic E-state index is 6.37. The van der Waals surface area contributed by atoms with E-state index in [-0.39, 0.29) is 5.41 Å². The van der Waals surface area contributed by atoms with Crippen LogP contribution in [-0.2, 0) is 5.41 Å². The summed E-state index contributed by atoms with van der Waals surface area (Å²) in [6.45, 7) is 4.29. The molecule has 1 saturated carbocycles. The van der Waals surface area contributed by atoms with Crippen LogP contribution in [0.5, 0.6) is 0 Å². The number of nitrogens with zero attached hydrogens (tertiary/aromatic N) is 4. The van der Waals surface area contributed by atoms with Crippen LogP contribution in [0.3, 0.4) is 0 Å². The quantitative estimate of drug-likeness (QED) is 0.297. The van der Waals surface area contributed by atoms with Crippen molar-refractivity contribution >= 4 is 58.0 Å². The molecule has 9 heteroatoms. The SMILES string of the molecule is S=C(NCC1(c2ccc(Cl)cc2)CCCC1)Nc1nc(Cl)cc(N2CCN(c3ccccc3)CC2)n1. The zero-order valence-electron chi connectivity index (χ0n) is 20.1. The maximum Gasteiger partial charge on any atom is 0.232 e. The summed E-state index contributed by atoms with van der Waals surface area (Å²) in [6, 6.07) is 20.5.